The van der Waals surface area contributed by atoms with E-state index >= 15 is 0 Å². The second-order valence-corrected chi connectivity index (χ2v) is 5.89. The number of aryl methyl sites for hydroxylation is 1. The van der Waals surface area contributed by atoms with Crippen molar-refractivity contribution in [3.8, 4) is 17.3 Å². The Bertz CT molecular complexity index is 933. The minimum Gasteiger partial charge on any atom is -0.374 e. The number of hydrogen-bond acceptors (Lipinski definition) is 7. The smallest absolute Gasteiger partial charge is 0.227 e. The first kappa shape index (κ1) is 17.8. The lowest BCUT2D eigenvalue weighted by molar-refractivity contribution is 0.144. The zero-order valence-electron chi connectivity index (χ0n) is 13.9. The molecule has 0 aliphatic rings. The average Bonchev–Trinajstić information content (AvgIpc) is 3.06. The molecule has 132 valence electrons. The van der Waals surface area contributed by atoms with Gasteiger partial charge in [0.05, 0.1) is 41.4 Å². The lowest BCUT2D eigenvalue weighted by Gasteiger charge is -2.12. The number of halogens is 1. The Morgan fingerprint density at radius 3 is 2.73 bits per heavy atom. The topological polar surface area (TPSA) is 112 Å². The number of rotatable bonds is 6. The SMILES string of the molecule is Cn1cc(Nc2ncc(Cl)c(-c3ccc(C(O)NCC#N)cc3)n2)cn1. The van der Waals surface area contributed by atoms with Crippen LogP contribution >= 0.6 is 11.6 Å². The number of aromatic nitrogens is 4. The second kappa shape index (κ2) is 7.93. The summed E-state index contributed by atoms with van der Waals surface area (Å²) in [6.45, 7) is 0.0596. The molecule has 2 heterocycles. The molecule has 3 aromatic rings. The van der Waals surface area contributed by atoms with E-state index in [1.807, 2.05) is 19.3 Å². The minimum absolute atomic E-state index is 0.0596. The molecule has 3 N–H and O–H groups in total. The van der Waals surface area contributed by atoms with Gasteiger partial charge in [-0.05, 0) is 5.56 Å². The maximum atomic E-state index is 9.95. The maximum Gasteiger partial charge on any atom is 0.227 e. The molecule has 0 aliphatic carbocycles. The molecular weight excluding hydrogens is 354 g/mol. The van der Waals surface area contributed by atoms with E-state index in [1.165, 1.54) is 6.20 Å². The van der Waals surface area contributed by atoms with Crippen LogP contribution in [-0.2, 0) is 7.05 Å². The van der Waals surface area contributed by atoms with Crippen molar-refractivity contribution in [3.63, 3.8) is 0 Å². The molecular formula is C17H16ClN7O. The van der Waals surface area contributed by atoms with Crippen molar-refractivity contribution < 1.29 is 5.11 Å². The van der Waals surface area contributed by atoms with Gasteiger partial charge in [-0.2, -0.15) is 10.4 Å². The van der Waals surface area contributed by atoms with Gasteiger partial charge in [0, 0.05) is 18.8 Å². The summed E-state index contributed by atoms with van der Waals surface area (Å²) < 4.78 is 1.67. The van der Waals surface area contributed by atoms with E-state index in [1.54, 1.807) is 35.1 Å². The highest BCUT2D eigenvalue weighted by molar-refractivity contribution is 6.32. The molecule has 2 aromatic heterocycles. The fourth-order valence-electron chi connectivity index (χ4n) is 2.33. The van der Waals surface area contributed by atoms with Gasteiger partial charge in [0.15, 0.2) is 0 Å². The van der Waals surface area contributed by atoms with Crippen molar-refractivity contribution >= 4 is 23.2 Å². The van der Waals surface area contributed by atoms with E-state index in [9.17, 15) is 5.11 Å². The monoisotopic (exact) mass is 369 g/mol. The van der Waals surface area contributed by atoms with Crippen LogP contribution in [0.3, 0.4) is 0 Å². The zero-order valence-corrected chi connectivity index (χ0v) is 14.6. The molecule has 0 fully saturated rings. The van der Waals surface area contributed by atoms with Crippen LogP contribution in [0.2, 0.25) is 5.02 Å². The minimum atomic E-state index is -0.910. The first-order valence-corrected chi connectivity index (χ1v) is 8.11. The van der Waals surface area contributed by atoms with E-state index in [-0.39, 0.29) is 6.54 Å². The molecule has 1 unspecified atom stereocenters. The van der Waals surface area contributed by atoms with Gasteiger partial charge < -0.3 is 10.4 Å². The molecule has 0 saturated heterocycles. The number of hydrogen-bond donors (Lipinski definition) is 3. The number of anilines is 2. The zero-order chi connectivity index (χ0) is 18.5. The van der Waals surface area contributed by atoms with Crippen molar-refractivity contribution in [2.75, 3.05) is 11.9 Å². The predicted octanol–water partition coefficient (Wildman–Crippen LogP) is 2.38. The second-order valence-electron chi connectivity index (χ2n) is 5.48. The van der Waals surface area contributed by atoms with E-state index in [0.717, 1.165) is 11.3 Å². The van der Waals surface area contributed by atoms with Crippen LogP contribution in [0.4, 0.5) is 11.6 Å². The summed E-state index contributed by atoms with van der Waals surface area (Å²) in [4.78, 5) is 8.64. The third-order valence-corrected chi connectivity index (χ3v) is 3.86. The Labute approximate surface area is 155 Å². The fourth-order valence-corrected chi connectivity index (χ4v) is 2.53. The van der Waals surface area contributed by atoms with Gasteiger partial charge in [0.25, 0.3) is 0 Å². The van der Waals surface area contributed by atoms with E-state index in [4.69, 9.17) is 16.9 Å². The standard InChI is InChI=1S/C17H16ClN7O/c1-25-10-13(8-22-25)23-17-21-9-14(18)15(24-17)11-2-4-12(5-3-11)16(26)20-7-6-19/h2-5,8-10,16,20,26H,7H2,1H3,(H,21,23,24). The molecule has 0 bridgehead atoms. The lowest BCUT2D eigenvalue weighted by atomic mass is 10.1. The molecule has 9 heteroatoms. The molecule has 3 rings (SSSR count). The van der Waals surface area contributed by atoms with Crippen molar-refractivity contribution in [2.24, 2.45) is 7.05 Å². The molecule has 0 aliphatic heterocycles. The quantitative estimate of drug-likeness (QED) is 0.451. The van der Waals surface area contributed by atoms with E-state index < -0.39 is 6.23 Å². The molecule has 0 spiro atoms. The van der Waals surface area contributed by atoms with Crippen molar-refractivity contribution in [3.05, 3.63) is 53.4 Å². The molecule has 26 heavy (non-hydrogen) atoms. The highest BCUT2D eigenvalue weighted by atomic mass is 35.5. The van der Waals surface area contributed by atoms with Crippen LogP contribution in [0.25, 0.3) is 11.3 Å². The first-order valence-electron chi connectivity index (χ1n) is 7.74. The highest BCUT2D eigenvalue weighted by Gasteiger charge is 2.11. The van der Waals surface area contributed by atoms with Crippen LogP contribution in [0.5, 0.6) is 0 Å². The number of nitriles is 1. The molecule has 0 radical (unpaired) electrons. The summed E-state index contributed by atoms with van der Waals surface area (Å²) in [6, 6.07) is 9.02. The molecule has 8 nitrogen and oxygen atoms in total. The maximum absolute atomic E-state index is 9.95. The molecule has 1 aromatic carbocycles. The van der Waals surface area contributed by atoms with Gasteiger partial charge in [-0.1, -0.05) is 35.9 Å². The van der Waals surface area contributed by atoms with Gasteiger partial charge in [-0.3, -0.25) is 10.00 Å². The van der Waals surface area contributed by atoms with Crippen molar-refractivity contribution in [1.82, 2.24) is 25.1 Å². The third kappa shape index (κ3) is 4.15. The average molecular weight is 370 g/mol. The number of nitrogens with zero attached hydrogens (tertiary/aromatic N) is 5. The van der Waals surface area contributed by atoms with Gasteiger partial charge in [-0.25, -0.2) is 9.97 Å². The van der Waals surface area contributed by atoms with Gasteiger partial charge in [-0.15, -0.1) is 0 Å². The highest BCUT2D eigenvalue weighted by Crippen LogP contribution is 2.27. The van der Waals surface area contributed by atoms with Crippen LogP contribution < -0.4 is 10.6 Å². The Morgan fingerprint density at radius 1 is 1.31 bits per heavy atom. The Hall–Kier alpha value is -2.99. The van der Waals surface area contributed by atoms with E-state index in [2.05, 4.69) is 25.7 Å². The Balaban J connectivity index is 1.82. The largest absolute Gasteiger partial charge is 0.374 e. The number of benzene rings is 1. The summed E-state index contributed by atoms with van der Waals surface area (Å²) >= 11 is 6.24. The van der Waals surface area contributed by atoms with Crippen molar-refractivity contribution in [1.29, 1.82) is 5.26 Å². The Kier molecular flexibility index (Phi) is 5.43. The van der Waals surface area contributed by atoms with E-state index in [0.29, 0.717) is 22.2 Å². The molecule has 0 amide bonds. The summed E-state index contributed by atoms with van der Waals surface area (Å²) in [6.07, 6.45) is 4.09. The summed E-state index contributed by atoms with van der Waals surface area (Å²) in [5.74, 6) is 0.400. The number of aliphatic hydroxyl groups excluding tert-OH is 1. The van der Waals surface area contributed by atoms with Crippen LogP contribution in [0.15, 0.2) is 42.9 Å². The van der Waals surface area contributed by atoms with Crippen molar-refractivity contribution in [2.45, 2.75) is 6.23 Å². The predicted molar refractivity (Wildman–Crippen MR) is 97.5 cm³/mol. The molecule has 1 atom stereocenters. The number of nitrogens with one attached hydrogen (secondary N) is 2. The van der Waals surface area contributed by atoms with Crippen LogP contribution in [0, 0.1) is 11.3 Å². The van der Waals surface area contributed by atoms with Gasteiger partial charge >= 0.3 is 0 Å². The molecule has 0 saturated carbocycles. The summed E-state index contributed by atoms with van der Waals surface area (Å²) in [5.41, 5.74) is 2.76. The van der Waals surface area contributed by atoms with Gasteiger partial charge in [0.2, 0.25) is 5.95 Å². The first-order chi connectivity index (χ1) is 12.6. The van der Waals surface area contributed by atoms with Crippen LogP contribution in [-0.4, -0.2) is 31.4 Å². The Morgan fingerprint density at radius 2 is 2.08 bits per heavy atom. The summed E-state index contributed by atoms with van der Waals surface area (Å²) in [5, 5.41) is 28.7. The van der Waals surface area contributed by atoms with Crippen LogP contribution in [0.1, 0.15) is 11.8 Å². The lowest BCUT2D eigenvalue weighted by Crippen LogP contribution is -2.20. The third-order valence-electron chi connectivity index (χ3n) is 3.58. The summed E-state index contributed by atoms with van der Waals surface area (Å²) in [7, 11) is 1.82. The number of aliphatic hydroxyl groups is 1. The fraction of sp³-hybridized carbons (Fsp3) is 0.176. The van der Waals surface area contributed by atoms with Gasteiger partial charge in [0.1, 0.15) is 6.23 Å². The normalized spacial score (nSPS) is 11.8.